The van der Waals surface area contributed by atoms with E-state index in [1.807, 2.05) is 13.1 Å². The highest BCUT2D eigenvalue weighted by Crippen LogP contribution is 2.26. The Morgan fingerprint density at radius 1 is 1.37 bits per heavy atom. The van der Waals surface area contributed by atoms with Gasteiger partial charge in [0.2, 0.25) is 0 Å². The molecule has 1 unspecified atom stereocenters. The van der Waals surface area contributed by atoms with Gasteiger partial charge in [-0.1, -0.05) is 0 Å². The summed E-state index contributed by atoms with van der Waals surface area (Å²) in [6.45, 7) is 4.21. The molecule has 1 fully saturated rings. The van der Waals surface area contributed by atoms with Crippen LogP contribution in [-0.4, -0.2) is 45.0 Å². The van der Waals surface area contributed by atoms with Gasteiger partial charge in [0.25, 0.3) is 0 Å². The number of likely N-dealkylation sites (N-methyl/N-ethyl adjacent to an activating group) is 1. The van der Waals surface area contributed by atoms with E-state index in [0.29, 0.717) is 5.92 Å². The zero-order valence-electron chi connectivity index (χ0n) is 11.4. The van der Waals surface area contributed by atoms with Crippen LogP contribution in [-0.2, 0) is 0 Å². The normalized spacial score (nSPS) is 20.6. The number of hydrogen-bond donors (Lipinski definition) is 1. The lowest BCUT2D eigenvalue weighted by Gasteiger charge is -2.29. The maximum Gasteiger partial charge on any atom is 0.156 e. The average Bonchev–Trinajstić information content (AvgIpc) is 2.92. The van der Waals surface area contributed by atoms with Crippen molar-refractivity contribution in [2.75, 3.05) is 20.1 Å². The smallest absolute Gasteiger partial charge is 0.156 e. The molecular formula is C14H19N5. The SMILES string of the molecule is Cc1nc(-c2ncc[nH]2)cc(C2CCCN(C)C2)n1. The van der Waals surface area contributed by atoms with E-state index in [1.54, 1.807) is 6.20 Å². The number of H-pyrrole nitrogens is 1. The first kappa shape index (κ1) is 12.3. The van der Waals surface area contributed by atoms with Crippen molar-refractivity contribution in [1.29, 1.82) is 0 Å². The molecule has 0 bridgehead atoms. The predicted octanol–water partition coefficient (Wildman–Crippen LogP) is 1.98. The molecule has 0 spiro atoms. The Morgan fingerprint density at radius 2 is 2.26 bits per heavy atom. The second-order valence-corrected chi connectivity index (χ2v) is 5.26. The van der Waals surface area contributed by atoms with Crippen LogP contribution in [0.2, 0.25) is 0 Å². The molecule has 0 radical (unpaired) electrons. The monoisotopic (exact) mass is 257 g/mol. The van der Waals surface area contributed by atoms with Crippen LogP contribution in [0.15, 0.2) is 18.5 Å². The van der Waals surface area contributed by atoms with Crippen molar-refractivity contribution in [1.82, 2.24) is 24.8 Å². The molecular weight excluding hydrogens is 238 g/mol. The molecule has 1 N–H and O–H groups in total. The standard InChI is InChI=1S/C14H19N5/c1-10-17-12(11-4-3-7-19(2)9-11)8-13(18-10)14-15-5-6-16-14/h5-6,8,11H,3-4,7,9H2,1-2H3,(H,15,16). The van der Waals surface area contributed by atoms with E-state index in [4.69, 9.17) is 0 Å². The number of aryl methyl sites for hydroxylation is 1. The summed E-state index contributed by atoms with van der Waals surface area (Å²) in [6.07, 6.45) is 6.01. The third-order valence-electron chi connectivity index (χ3n) is 3.64. The van der Waals surface area contributed by atoms with Gasteiger partial charge in [-0.3, -0.25) is 0 Å². The van der Waals surface area contributed by atoms with Crippen LogP contribution in [0.25, 0.3) is 11.5 Å². The Kier molecular flexibility index (Phi) is 3.29. The molecule has 3 rings (SSSR count). The van der Waals surface area contributed by atoms with E-state index in [0.717, 1.165) is 29.6 Å². The Hall–Kier alpha value is -1.75. The van der Waals surface area contributed by atoms with Crippen molar-refractivity contribution >= 4 is 0 Å². The molecule has 5 heteroatoms. The lowest BCUT2D eigenvalue weighted by Crippen LogP contribution is -2.31. The van der Waals surface area contributed by atoms with Crippen LogP contribution >= 0.6 is 0 Å². The van der Waals surface area contributed by atoms with Gasteiger partial charge >= 0.3 is 0 Å². The predicted molar refractivity (Wildman–Crippen MR) is 73.8 cm³/mol. The number of aromatic amines is 1. The van der Waals surface area contributed by atoms with Crippen LogP contribution in [0.5, 0.6) is 0 Å². The Balaban J connectivity index is 1.93. The molecule has 1 saturated heterocycles. The van der Waals surface area contributed by atoms with E-state index in [2.05, 4.69) is 37.9 Å². The molecule has 100 valence electrons. The molecule has 0 aliphatic carbocycles. The number of rotatable bonds is 2. The Labute approximate surface area is 113 Å². The largest absolute Gasteiger partial charge is 0.343 e. The molecule has 2 aromatic heterocycles. The van der Waals surface area contributed by atoms with Crippen molar-refractivity contribution in [3.8, 4) is 11.5 Å². The maximum absolute atomic E-state index is 4.62. The molecule has 1 aliphatic rings. The minimum Gasteiger partial charge on any atom is -0.343 e. The molecule has 19 heavy (non-hydrogen) atoms. The molecule has 0 amide bonds. The molecule has 3 heterocycles. The Morgan fingerprint density at radius 3 is 3.00 bits per heavy atom. The van der Waals surface area contributed by atoms with E-state index in [-0.39, 0.29) is 0 Å². The summed E-state index contributed by atoms with van der Waals surface area (Å²) in [6, 6.07) is 2.08. The third kappa shape index (κ3) is 2.66. The molecule has 0 saturated carbocycles. The summed E-state index contributed by atoms with van der Waals surface area (Å²) in [5.74, 6) is 2.14. The number of imidazole rings is 1. The van der Waals surface area contributed by atoms with Crippen molar-refractivity contribution < 1.29 is 0 Å². The number of likely N-dealkylation sites (tertiary alicyclic amines) is 1. The number of nitrogens with one attached hydrogen (secondary N) is 1. The number of hydrogen-bond acceptors (Lipinski definition) is 4. The summed E-state index contributed by atoms with van der Waals surface area (Å²) in [7, 11) is 2.17. The molecule has 2 aromatic rings. The first-order chi connectivity index (χ1) is 9.22. The van der Waals surface area contributed by atoms with Crippen LogP contribution in [0.1, 0.15) is 30.3 Å². The van der Waals surface area contributed by atoms with Crippen molar-refractivity contribution in [2.45, 2.75) is 25.7 Å². The minimum absolute atomic E-state index is 0.508. The van der Waals surface area contributed by atoms with Gasteiger partial charge in [-0.25, -0.2) is 15.0 Å². The first-order valence-corrected chi connectivity index (χ1v) is 6.76. The van der Waals surface area contributed by atoms with Gasteiger partial charge in [0.15, 0.2) is 5.82 Å². The van der Waals surface area contributed by atoms with E-state index in [1.165, 1.54) is 19.4 Å². The Bertz CT molecular complexity index is 549. The second-order valence-electron chi connectivity index (χ2n) is 5.26. The van der Waals surface area contributed by atoms with Crippen LogP contribution in [0, 0.1) is 6.92 Å². The number of piperidine rings is 1. The van der Waals surface area contributed by atoms with Crippen LogP contribution in [0.3, 0.4) is 0 Å². The highest BCUT2D eigenvalue weighted by molar-refractivity contribution is 5.49. The van der Waals surface area contributed by atoms with Gasteiger partial charge < -0.3 is 9.88 Å². The summed E-state index contributed by atoms with van der Waals surface area (Å²) in [4.78, 5) is 18.8. The molecule has 1 atom stereocenters. The summed E-state index contributed by atoms with van der Waals surface area (Å²) < 4.78 is 0. The van der Waals surface area contributed by atoms with E-state index in [9.17, 15) is 0 Å². The molecule has 0 aromatic carbocycles. The van der Waals surface area contributed by atoms with Crippen molar-refractivity contribution in [3.63, 3.8) is 0 Å². The fourth-order valence-corrected chi connectivity index (χ4v) is 2.73. The minimum atomic E-state index is 0.508. The molecule has 1 aliphatic heterocycles. The fraction of sp³-hybridized carbons (Fsp3) is 0.500. The van der Waals surface area contributed by atoms with Crippen molar-refractivity contribution in [2.24, 2.45) is 0 Å². The highest BCUT2D eigenvalue weighted by atomic mass is 15.1. The molecule has 5 nitrogen and oxygen atoms in total. The van der Waals surface area contributed by atoms with Crippen molar-refractivity contribution in [3.05, 3.63) is 30.0 Å². The van der Waals surface area contributed by atoms with Crippen LogP contribution < -0.4 is 0 Å². The lowest BCUT2D eigenvalue weighted by atomic mass is 9.94. The van der Waals surface area contributed by atoms with Gasteiger partial charge in [-0.2, -0.15) is 0 Å². The average molecular weight is 257 g/mol. The maximum atomic E-state index is 4.62. The lowest BCUT2D eigenvalue weighted by molar-refractivity contribution is 0.248. The fourth-order valence-electron chi connectivity index (χ4n) is 2.73. The number of nitrogens with zero attached hydrogens (tertiary/aromatic N) is 4. The zero-order chi connectivity index (χ0) is 13.2. The van der Waals surface area contributed by atoms with Gasteiger partial charge in [-0.05, 0) is 39.4 Å². The number of aromatic nitrogens is 4. The zero-order valence-corrected chi connectivity index (χ0v) is 11.4. The van der Waals surface area contributed by atoms with Gasteiger partial charge in [0.1, 0.15) is 11.5 Å². The topological polar surface area (TPSA) is 57.7 Å². The highest BCUT2D eigenvalue weighted by Gasteiger charge is 2.21. The second kappa shape index (κ2) is 5.09. The van der Waals surface area contributed by atoms with E-state index >= 15 is 0 Å². The summed E-state index contributed by atoms with van der Waals surface area (Å²) in [5, 5.41) is 0. The van der Waals surface area contributed by atoms with Gasteiger partial charge in [0.05, 0.1) is 0 Å². The quantitative estimate of drug-likeness (QED) is 0.893. The van der Waals surface area contributed by atoms with Crippen LogP contribution in [0.4, 0.5) is 0 Å². The summed E-state index contributed by atoms with van der Waals surface area (Å²) in [5.41, 5.74) is 2.03. The van der Waals surface area contributed by atoms with E-state index < -0.39 is 0 Å². The third-order valence-corrected chi connectivity index (χ3v) is 3.64. The van der Waals surface area contributed by atoms with Gasteiger partial charge in [0, 0.05) is 30.6 Å². The van der Waals surface area contributed by atoms with Gasteiger partial charge in [-0.15, -0.1) is 0 Å². The first-order valence-electron chi connectivity index (χ1n) is 6.76. The summed E-state index contributed by atoms with van der Waals surface area (Å²) >= 11 is 0.